The number of hydrogen-bond acceptors (Lipinski definition) is 3. The first-order valence-corrected chi connectivity index (χ1v) is 9.99. The molecule has 0 atom stereocenters. The van der Waals surface area contributed by atoms with Gasteiger partial charge in [-0.25, -0.2) is 0 Å². The van der Waals surface area contributed by atoms with E-state index in [1.807, 2.05) is 6.07 Å². The summed E-state index contributed by atoms with van der Waals surface area (Å²) in [4.78, 5) is 4.71. The lowest BCUT2D eigenvalue weighted by molar-refractivity contribution is 0.560. The molecular weight excluding hydrogens is 334 g/mol. The number of hydrogen-bond donors (Lipinski definition) is 1. The van der Waals surface area contributed by atoms with Crippen molar-refractivity contribution in [3.63, 3.8) is 0 Å². The third-order valence-electron chi connectivity index (χ3n) is 5.79. The Morgan fingerprint density at radius 1 is 0.963 bits per heavy atom. The van der Waals surface area contributed by atoms with Crippen LogP contribution in [0.25, 0.3) is 33.1 Å². The fraction of sp³-hybridized carbons (Fsp3) is 0.348. The summed E-state index contributed by atoms with van der Waals surface area (Å²) in [7, 11) is 2.08. The molecule has 2 aromatic heterocycles. The molecule has 5 rings (SSSR count). The van der Waals surface area contributed by atoms with Crippen molar-refractivity contribution in [2.24, 2.45) is 7.05 Å². The Bertz CT molecular complexity index is 1080. The van der Waals surface area contributed by atoms with E-state index in [9.17, 15) is 0 Å². The van der Waals surface area contributed by atoms with E-state index in [1.54, 1.807) is 0 Å². The zero-order valence-corrected chi connectivity index (χ0v) is 15.7. The van der Waals surface area contributed by atoms with Gasteiger partial charge in [0.1, 0.15) is 5.52 Å². The number of nitrogens with zero attached hydrogens (tertiary/aromatic N) is 2. The quantitative estimate of drug-likeness (QED) is 0.448. The molecule has 1 aliphatic rings. The maximum atomic E-state index is 5.95. The second-order valence-corrected chi connectivity index (χ2v) is 7.73. The van der Waals surface area contributed by atoms with Crippen LogP contribution in [-0.4, -0.2) is 15.6 Å². The van der Waals surface area contributed by atoms with Crippen molar-refractivity contribution in [1.29, 1.82) is 0 Å². The van der Waals surface area contributed by atoms with E-state index >= 15 is 0 Å². The molecule has 4 aromatic rings. The standard InChI is InChI=1S/C23H25N3O/c1-26-13-12-18-14-16(8-10-21(18)26)17-9-11-22-20(15-17)25-23(27-22)24-19-6-4-2-3-5-7-19/h8-15,19H,2-7H2,1H3,(H,24,25). The highest BCUT2D eigenvalue weighted by Gasteiger charge is 2.15. The van der Waals surface area contributed by atoms with E-state index in [0.717, 1.165) is 11.1 Å². The second kappa shape index (κ2) is 6.76. The fourth-order valence-corrected chi connectivity index (χ4v) is 4.23. The van der Waals surface area contributed by atoms with Crippen molar-refractivity contribution >= 4 is 28.0 Å². The molecule has 0 radical (unpaired) electrons. The minimum Gasteiger partial charge on any atom is -0.424 e. The van der Waals surface area contributed by atoms with Gasteiger partial charge in [0.05, 0.1) is 0 Å². The van der Waals surface area contributed by atoms with Gasteiger partial charge in [-0.15, -0.1) is 0 Å². The van der Waals surface area contributed by atoms with E-state index in [0.29, 0.717) is 12.1 Å². The summed E-state index contributed by atoms with van der Waals surface area (Å²) in [6.45, 7) is 0. The first-order valence-electron chi connectivity index (χ1n) is 9.99. The average molecular weight is 359 g/mol. The SMILES string of the molecule is Cn1ccc2cc(-c3ccc4oc(NC5CCCCCC5)nc4c3)ccc21. The molecule has 0 amide bonds. The summed E-state index contributed by atoms with van der Waals surface area (Å²) in [5.74, 6) is 0. The molecule has 1 saturated carbocycles. The van der Waals surface area contributed by atoms with Crippen LogP contribution < -0.4 is 5.32 Å². The monoisotopic (exact) mass is 359 g/mol. The van der Waals surface area contributed by atoms with Crippen LogP contribution in [0, 0.1) is 0 Å². The number of nitrogens with one attached hydrogen (secondary N) is 1. The number of benzene rings is 2. The van der Waals surface area contributed by atoms with E-state index in [2.05, 4.69) is 59.5 Å². The summed E-state index contributed by atoms with van der Waals surface area (Å²) in [6.07, 6.45) is 9.80. The molecule has 0 aliphatic heterocycles. The molecule has 0 spiro atoms. The Kier molecular flexibility index (Phi) is 4.12. The highest BCUT2D eigenvalue weighted by atomic mass is 16.4. The van der Waals surface area contributed by atoms with Crippen LogP contribution in [-0.2, 0) is 7.05 Å². The number of anilines is 1. The van der Waals surface area contributed by atoms with Crippen LogP contribution in [0.2, 0.25) is 0 Å². The zero-order valence-electron chi connectivity index (χ0n) is 15.7. The second-order valence-electron chi connectivity index (χ2n) is 7.73. The van der Waals surface area contributed by atoms with Crippen LogP contribution in [0.3, 0.4) is 0 Å². The summed E-state index contributed by atoms with van der Waals surface area (Å²) < 4.78 is 8.09. The van der Waals surface area contributed by atoms with Crippen LogP contribution in [0.1, 0.15) is 38.5 Å². The zero-order chi connectivity index (χ0) is 18.2. The highest BCUT2D eigenvalue weighted by molar-refractivity contribution is 5.88. The number of aryl methyl sites for hydroxylation is 1. The van der Waals surface area contributed by atoms with Gasteiger partial charge >= 0.3 is 0 Å². The molecule has 0 unspecified atom stereocenters. The van der Waals surface area contributed by atoms with Gasteiger partial charge in [-0.3, -0.25) is 0 Å². The maximum Gasteiger partial charge on any atom is 0.295 e. The third-order valence-corrected chi connectivity index (χ3v) is 5.79. The Labute approximate surface area is 159 Å². The Morgan fingerprint density at radius 3 is 2.59 bits per heavy atom. The predicted molar refractivity (Wildman–Crippen MR) is 111 cm³/mol. The Hall–Kier alpha value is -2.75. The van der Waals surface area contributed by atoms with Gasteiger partial charge in [0.2, 0.25) is 0 Å². The molecular formula is C23H25N3O. The van der Waals surface area contributed by atoms with Crippen molar-refractivity contribution < 1.29 is 4.42 Å². The normalized spacial score (nSPS) is 16.0. The summed E-state index contributed by atoms with van der Waals surface area (Å²) in [5, 5.41) is 4.77. The van der Waals surface area contributed by atoms with Gasteiger partial charge in [-0.05, 0) is 54.3 Å². The van der Waals surface area contributed by atoms with Crippen LogP contribution in [0.15, 0.2) is 53.1 Å². The van der Waals surface area contributed by atoms with Gasteiger partial charge < -0.3 is 14.3 Å². The largest absolute Gasteiger partial charge is 0.424 e. The fourth-order valence-electron chi connectivity index (χ4n) is 4.23. The van der Waals surface area contributed by atoms with E-state index in [-0.39, 0.29) is 0 Å². The molecule has 2 heterocycles. The lowest BCUT2D eigenvalue weighted by atomic mass is 10.0. The topological polar surface area (TPSA) is 43.0 Å². The van der Waals surface area contributed by atoms with E-state index < -0.39 is 0 Å². The number of oxazole rings is 1. The number of aromatic nitrogens is 2. The summed E-state index contributed by atoms with van der Waals surface area (Å²) in [5.41, 5.74) is 5.38. The van der Waals surface area contributed by atoms with Gasteiger partial charge in [0.15, 0.2) is 5.58 Å². The average Bonchev–Trinajstić information content (AvgIpc) is 3.15. The minimum absolute atomic E-state index is 0.487. The van der Waals surface area contributed by atoms with Crippen molar-refractivity contribution in [2.75, 3.05) is 5.32 Å². The van der Waals surface area contributed by atoms with Gasteiger partial charge in [-0.1, -0.05) is 37.8 Å². The maximum absolute atomic E-state index is 5.95. The highest BCUT2D eigenvalue weighted by Crippen LogP contribution is 2.29. The lowest BCUT2D eigenvalue weighted by Crippen LogP contribution is -2.18. The van der Waals surface area contributed by atoms with Crippen molar-refractivity contribution in [1.82, 2.24) is 9.55 Å². The van der Waals surface area contributed by atoms with Crippen LogP contribution in [0.5, 0.6) is 0 Å². The van der Waals surface area contributed by atoms with Crippen molar-refractivity contribution in [3.8, 4) is 11.1 Å². The van der Waals surface area contributed by atoms with Gasteiger partial charge in [0, 0.05) is 30.2 Å². The lowest BCUT2D eigenvalue weighted by Gasteiger charge is -2.13. The van der Waals surface area contributed by atoms with E-state index in [4.69, 9.17) is 9.40 Å². The van der Waals surface area contributed by atoms with Crippen molar-refractivity contribution in [2.45, 2.75) is 44.6 Å². The van der Waals surface area contributed by atoms with Crippen LogP contribution in [0.4, 0.5) is 6.01 Å². The molecule has 138 valence electrons. The van der Waals surface area contributed by atoms with Crippen LogP contribution >= 0.6 is 0 Å². The molecule has 4 heteroatoms. The first-order chi connectivity index (χ1) is 13.3. The summed E-state index contributed by atoms with van der Waals surface area (Å²) in [6, 6.07) is 16.2. The number of fused-ring (bicyclic) bond motifs is 2. The molecule has 2 aromatic carbocycles. The molecule has 1 fully saturated rings. The minimum atomic E-state index is 0.487. The van der Waals surface area contributed by atoms with Gasteiger partial charge in [0.25, 0.3) is 6.01 Å². The smallest absolute Gasteiger partial charge is 0.295 e. The van der Waals surface area contributed by atoms with Gasteiger partial charge in [-0.2, -0.15) is 4.98 Å². The first kappa shape index (κ1) is 16.4. The Morgan fingerprint density at radius 2 is 1.74 bits per heavy atom. The molecule has 1 N–H and O–H groups in total. The third kappa shape index (κ3) is 3.20. The molecule has 0 bridgehead atoms. The number of rotatable bonds is 3. The molecule has 27 heavy (non-hydrogen) atoms. The predicted octanol–water partition coefficient (Wildman–Crippen LogP) is 6.12. The molecule has 4 nitrogen and oxygen atoms in total. The van der Waals surface area contributed by atoms with Crippen molar-refractivity contribution in [3.05, 3.63) is 48.7 Å². The van der Waals surface area contributed by atoms with E-state index in [1.165, 1.54) is 60.6 Å². The molecule has 1 aliphatic carbocycles. The Balaban J connectivity index is 1.44. The summed E-state index contributed by atoms with van der Waals surface area (Å²) >= 11 is 0. The molecule has 0 saturated heterocycles.